The van der Waals surface area contributed by atoms with Crippen molar-refractivity contribution >= 4 is 6.09 Å². The zero-order valence-corrected chi connectivity index (χ0v) is 12.0. The molecule has 0 fully saturated rings. The number of alkyl carbamates (subject to hydrolysis) is 1. The van der Waals surface area contributed by atoms with Crippen molar-refractivity contribution in [2.24, 2.45) is 0 Å². The van der Waals surface area contributed by atoms with Crippen LogP contribution in [-0.4, -0.2) is 24.9 Å². The van der Waals surface area contributed by atoms with E-state index in [-0.39, 0.29) is 18.4 Å². The highest BCUT2D eigenvalue weighted by Crippen LogP contribution is 2.35. The van der Waals surface area contributed by atoms with Crippen molar-refractivity contribution in [3.8, 4) is 11.5 Å². The van der Waals surface area contributed by atoms with Gasteiger partial charge in [0.25, 0.3) is 0 Å². The Bertz CT molecular complexity index is 528. The number of rotatable bonds is 3. The van der Waals surface area contributed by atoms with Crippen molar-refractivity contribution in [3.05, 3.63) is 23.8 Å². The van der Waals surface area contributed by atoms with Crippen LogP contribution in [0.4, 0.5) is 13.6 Å². The highest BCUT2D eigenvalue weighted by molar-refractivity contribution is 5.69. The van der Waals surface area contributed by atoms with Crippen LogP contribution in [-0.2, 0) is 4.74 Å². The van der Waals surface area contributed by atoms with Gasteiger partial charge in [0.2, 0.25) is 0 Å². The third kappa shape index (κ3) is 4.21. The minimum atomic E-state index is -2.89. The summed E-state index contributed by atoms with van der Waals surface area (Å²) in [4.78, 5) is 11.7. The molecule has 21 heavy (non-hydrogen) atoms. The van der Waals surface area contributed by atoms with E-state index >= 15 is 0 Å². The number of carbonyl (C=O) groups is 1. The van der Waals surface area contributed by atoms with Crippen molar-refractivity contribution in [3.63, 3.8) is 0 Å². The lowest BCUT2D eigenvalue weighted by Gasteiger charge is -2.21. The molecule has 116 valence electrons. The summed E-state index contributed by atoms with van der Waals surface area (Å²) in [6.45, 7) is 2.62. The third-order valence-electron chi connectivity index (χ3n) is 2.68. The largest absolute Gasteiger partial charge is 0.491 e. The molecule has 1 heterocycles. The number of alkyl halides is 2. The van der Waals surface area contributed by atoms with Crippen LogP contribution in [0.5, 0.6) is 11.5 Å². The van der Waals surface area contributed by atoms with Gasteiger partial charge >= 0.3 is 12.7 Å². The van der Waals surface area contributed by atoms with Crippen LogP contribution in [0.25, 0.3) is 0 Å². The normalized spacial score (nSPS) is 17.1. The highest BCUT2D eigenvalue weighted by Gasteiger charge is 2.28. The Labute approximate surface area is 121 Å². The van der Waals surface area contributed by atoms with Gasteiger partial charge in [0.05, 0.1) is 6.04 Å². The molecule has 0 aliphatic carbocycles. The van der Waals surface area contributed by atoms with E-state index in [0.717, 1.165) is 0 Å². The molecule has 1 atom stereocenters. The Kier molecular flexibility index (Phi) is 4.20. The van der Waals surface area contributed by atoms with Crippen molar-refractivity contribution < 1.29 is 27.8 Å². The Hall–Kier alpha value is -2.05. The van der Waals surface area contributed by atoms with Crippen molar-refractivity contribution in [1.82, 2.24) is 5.32 Å². The maximum atomic E-state index is 12.1. The molecule has 0 bridgehead atoms. The fourth-order valence-electron chi connectivity index (χ4n) is 1.94. The number of ether oxygens (including phenoxy) is 3. The maximum absolute atomic E-state index is 12.1. The van der Waals surface area contributed by atoms with Gasteiger partial charge in [-0.2, -0.15) is 8.78 Å². The van der Waals surface area contributed by atoms with E-state index < -0.39 is 18.3 Å². The summed E-state index contributed by atoms with van der Waals surface area (Å²) in [7, 11) is 0. The summed E-state index contributed by atoms with van der Waals surface area (Å²) >= 11 is 0. The average molecular weight is 301 g/mol. The Morgan fingerprint density at radius 1 is 1.43 bits per heavy atom. The average Bonchev–Trinajstić information content (AvgIpc) is 2.68. The molecule has 1 N–H and O–H groups in total. The van der Waals surface area contributed by atoms with Gasteiger partial charge in [0.15, 0.2) is 0 Å². The number of amides is 1. The molecule has 1 aromatic carbocycles. The third-order valence-corrected chi connectivity index (χ3v) is 2.68. The molecule has 1 unspecified atom stereocenters. The Morgan fingerprint density at radius 3 is 2.76 bits per heavy atom. The number of carbonyl (C=O) groups excluding carboxylic acids is 1. The summed E-state index contributed by atoms with van der Waals surface area (Å²) < 4.78 is 39.1. The first-order valence-corrected chi connectivity index (χ1v) is 6.46. The van der Waals surface area contributed by atoms with Crippen LogP contribution in [0.2, 0.25) is 0 Å². The molecule has 1 aromatic rings. The van der Waals surface area contributed by atoms with Gasteiger partial charge in [0, 0.05) is 11.6 Å². The van der Waals surface area contributed by atoms with Gasteiger partial charge in [0.1, 0.15) is 23.7 Å². The molecule has 2 rings (SSSR count). The predicted molar refractivity (Wildman–Crippen MR) is 70.7 cm³/mol. The van der Waals surface area contributed by atoms with Crippen molar-refractivity contribution in [1.29, 1.82) is 0 Å². The fraction of sp³-hybridized carbons (Fsp3) is 0.500. The first-order valence-electron chi connectivity index (χ1n) is 6.46. The predicted octanol–water partition coefficient (Wildman–Crippen LogP) is 3.25. The second-order valence-electron chi connectivity index (χ2n) is 5.59. The van der Waals surface area contributed by atoms with Crippen LogP contribution in [0.1, 0.15) is 32.4 Å². The van der Waals surface area contributed by atoms with Gasteiger partial charge in [-0.1, -0.05) is 0 Å². The highest BCUT2D eigenvalue weighted by atomic mass is 19.3. The van der Waals surface area contributed by atoms with E-state index in [0.29, 0.717) is 11.3 Å². The molecule has 1 aliphatic heterocycles. The summed E-state index contributed by atoms with van der Waals surface area (Å²) in [5.41, 5.74) is 0.101. The van der Waals surface area contributed by atoms with Gasteiger partial charge < -0.3 is 19.5 Å². The van der Waals surface area contributed by atoms with Crippen molar-refractivity contribution in [2.45, 2.75) is 39.0 Å². The number of hydrogen-bond acceptors (Lipinski definition) is 4. The quantitative estimate of drug-likeness (QED) is 0.931. The van der Waals surface area contributed by atoms with E-state index in [2.05, 4.69) is 10.1 Å². The zero-order chi connectivity index (χ0) is 15.6. The van der Waals surface area contributed by atoms with E-state index in [1.54, 1.807) is 26.8 Å². The lowest BCUT2D eigenvalue weighted by Crippen LogP contribution is -2.35. The Balaban J connectivity index is 2.03. The van der Waals surface area contributed by atoms with E-state index in [9.17, 15) is 13.6 Å². The lowest BCUT2D eigenvalue weighted by atomic mass is 10.1. The first kappa shape index (κ1) is 15.3. The zero-order valence-electron chi connectivity index (χ0n) is 12.0. The van der Waals surface area contributed by atoms with Crippen LogP contribution < -0.4 is 14.8 Å². The van der Waals surface area contributed by atoms with Crippen molar-refractivity contribution in [2.75, 3.05) is 6.61 Å². The molecule has 1 amide bonds. The summed E-state index contributed by atoms with van der Waals surface area (Å²) in [5.74, 6) is 0.427. The standard InChI is InChI=1S/C14H17F2NO4/c1-14(2,3)21-13(18)17-10-7-19-11-6-8(20-12(15)16)4-5-9(10)11/h4-6,10,12H,7H2,1-3H3,(H,17,18). The van der Waals surface area contributed by atoms with Crippen LogP contribution in [0.3, 0.4) is 0 Å². The smallest absolute Gasteiger partial charge is 0.408 e. The number of hydrogen-bond donors (Lipinski definition) is 1. The summed E-state index contributed by atoms with van der Waals surface area (Å²) in [6, 6.07) is 3.99. The topological polar surface area (TPSA) is 56.8 Å². The van der Waals surface area contributed by atoms with Crippen LogP contribution in [0, 0.1) is 0 Å². The van der Waals surface area contributed by atoms with Gasteiger partial charge in [-0.3, -0.25) is 0 Å². The second kappa shape index (κ2) is 5.75. The van der Waals surface area contributed by atoms with Gasteiger partial charge in [-0.05, 0) is 32.9 Å². The SMILES string of the molecule is CC(C)(C)OC(=O)NC1COc2cc(OC(F)F)ccc21. The van der Waals surface area contributed by atoms with E-state index in [4.69, 9.17) is 9.47 Å². The molecular formula is C14H17F2NO4. The molecule has 0 radical (unpaired) electrons. The fourth-order valence-corrected chi connectivity index (χ4v) is 1.94. The van der Waals surface area contributed by atoms with Crippen LogP contribution >= 0.6 is 0 Å². The molecule has 0 spiro atoms. The molecule has 5 nitrogen and oxygen atoms in total. The number of benzene rings is 1. The number of halogens is 2. The number of fused-ring (bicyclic) bond motifs is 1. The lowest BCUT2D eigenvalue weighted by molar-refractivity contribution is -0.0499. The molecule has 0 saturated heterocycles. The monoisotopic (exact) mass is 301 g/mol. The van der Waals surface area contributed by atoms with Gasteiger partial charge in [-0.25, -0.2) is 4.79 Å². The first-order chi connectivity index (χ1) is 9.74. The molecular weight excluding hydrogens is 284 g/mol. The van der Waals surface area contributed by atoms with E-state index in [1.165, 1.54) is 12.1 Å². The molecule has 7 heteroatoms. The summed E-state index contributed by atoms with van der Waals surface area (Å²) in [5, 5.41) is 2.68. The second-order valence-corrected chi connectivity index (χ2v) is 5.59. The maximum Gasteiger partial charge on any atom is 0.408 e. The minimum Gasteiger partial charge on any atom is -0.491 e. The van der Waals surface area contributed by atoms with Crippen LogP contribution in [0.15, 0.2) is 18.2 Å². The summed E-state index contributed by atoms with van der Waals surface area (Å²) in [6.07, 6.45) is -0.558. The van der Waals surface area contributed by atoms with Gasteiger partial charge in [-0.15, -0.1) is 0 Å². The molecule has 0 aromatic heterocycles. The minimum absolute atomic E-state index is 0.0154. The Morgan fingerprint density at radius 2 is 2.14 bits per heavy atom. The van der Waals surface area contributed by atoms with E-state index in [1.807, 2.05) is 0 Å². The molecule has 0 saturated carbocycles. The number of nitrogens with one attached hydrogen (secondary N) is 1. The molecule has 1 aliphatic rings.